The summed E-state index contributed by atoms with van der Waals surface area (Å²) in [4.78, 5) is 22.2. The van der Waals surface area contributed by atoms with E-state index in [4.69, 9.17) is 9.84 Å². The molecular weight excluding hydrogens is 222 g/mol. The van der Waals surface area contributed by atoms with Crippen LogP contribution >= 0.6 is 0 Å². The maximum atomic E-state index is 11.5. The summed E-state index contributed by atoms with van der Waals surface area (Å²) in [6, 6.07) is 0.0229. The Morgan fingerprint density at radius 3 is 2.71 bits per heavy atom. The highest BCUT2D eigenvalue weighted by Gasteiger charge is 2.30. The third kappa shape index (κ3) is 5.17. The van der Waals surface area contributed by atoms with Gasteiger partial charge in [0.15, 0.2) is 0 Å². The van der Waals surface area contributed by atoms with E-state index in [1.807, 2.05) is 6.92 Å². The van der Waals surface area contributed by atoms with Crippen molar-refractivity contribution in [2.45, 2.75) is 45.1 Å². The van der Waals surface area contributed by atoms with Crippen molar-refractivity contribution in [3.8, 4) is 0 Å². The van der Waals surface area contributed by atoms with Gasteiger partial charge in [-0.25, -0.2) is 0 Å². The highest BCUT2D eigenvalue weighted by atomic mass is 16.5. The zero-order chi connectivity index (χ0) is 12.7. The van der Waals surface area contributed by atoms with Crippen LogP contribution in [0.2, 0.25) is 0 Å². The van der Waals surface area contributed by atoms with E-state index in [1.165, 1.54) is 0 Å². The van der Waals surface area contributed by atoms with Gasteiger partial charge in [0.2, 0.25) is 5.91 Å². The molecule has 0 aromatic carbocycles. The molecular formula is C12H21NO4. The fourth-order valence-electron chi connectivity index (χ4n) is 2.05. The standard InChI is InChI=1S/C12H21NO4/c1-2-6-17-7-5-11(14)13-10-4-3-9(8-10)12(15)16/h9-10H,2-8H2,1H3,(H,13,14)(H,15,16). The fourth-order valence-corrected chi connectivity index (χ4v) is 2.05. The highest BCUT2D eigenvalue weighted by Crippen LogP contribution is 2.25. The lowest BCUT2D eigenvalue weighted by molar-refractivity contribution is -0.141. The van der Waals surface area contributed by atoms with Crippen molar-refractivity contribution in [2.75, 3.05) is 13.2 Å². The molecule has 1 aliphatic carbocycles. The Balaban J connectivity index is 2.13. The molecule has 0 aromatic heterocycles. The molecule has 5 heteroatoms. The molecule has 1 amide bonds. The van der Waals surface area contributed by atoms with Crippen molar-refractivity contribution < 1.29 is 19.4 Å². The highest BCUT2D eigenvalue weighted by molar-refractivity contribution is 5.76. The van der Waals surface area contributed by atoms with Crippen molar-refractivity contribution >= 4 is 11.9 Å². The van der Waals surface area contributed by atoms with Crippen LogP contribution in [0.4, 0.5) is 0 Å². The van der Waals surface area contributed by atoms with E-state index in [0.29, 0.717) is 32.5 Å². The summed E-state index contributed by atoms with van der Waals surface area (Å²) in [6.07, 6.45) is 3.28. The maximum Gasteiger partial charge on any atom is 0.306 e. The summed E-state index contributed by atoms with van der Waals surface area (Å²) in [5, 5.41) is 11.7. The number of amides is 1. The molecule has 0 saturated heterocycles. The van der Waals surface area contributed by atoms with Crippen LogP contribution in [0.5, 0.6) is 0 Å². The van der Waals surface area contributed by atoms with Crippen LogP contribution in [0, 0.1) is 5.92 Å². The van der Waals surface area contributed by atoms with Crippen LogP contribution in [0.3, 0.4) is 0 Å². The van der Waals surface area contributed by atoms with Crippen molar-refractivity contribution in [2.24, 2.45) is 5.92 Å². The molecule has 0 spiro atoms. The third-order valence-corrected chi connectivity index (χ3v) is 2.97. The van der Waals surface area contributed by atoms with Gasteiger partial charge < -0.3 is 15.2 Å². The number of ether oxygens (including phenoxy) is 1. The first kappa shape index (κ1) is 14.0. The molecule has 0 radical (unpaired) electrons. The van der Waals surface area contributed by atoms with Gasteiger partial charge in [0, 0.05) is 19.1 Å². The van der Waals surface area contributed by atoms with Crippen LogP contribution in [0.15, 0.2) is 0 Å². The van der Waals surface area contributed by atoms with E-state index in [9.17, 15) is 9.59 Å². The molecule has 0 aliphatic heterocycles. The minimum Gasteiger partial charge on any atom is -0.481 e. The molecule has 2 unspecified atom stereocenters. The van der Waals surface area contributed by atoms with Gasteiger partial charge in [-0.2, -0.15) is 0 Å². The summed E-state index contributed by atoms with van der Waals surface area (Å²) in [5.41, 5.74) is 0. The summed E-state index contributed by atoms with van der Waals surface area (Å²) in [6.45, 7) is 3.14. The van der Waals surface area contributed by atoms with Crippen LogP contribution in [-0.4, -0.2) is 36.2 Å². The van der Waals surface area contributed by atoms with Gasteiger partial charge in [-0.15, -0.1) is 0 Å². The molecule has 98 valence electrons. The predicted octanol–water partition coefficient (Wildman–Crippen LogP) is 1.17. The number of carbonyl (C=O) groups excluding carboxylic acids is 1. The number of carboxylic acid groups (broad SMARTS) is 1. The van der Waals surface area contributed by atoms with E-state index in [0.717, 1.165) is 12.8 Å². The lowest BCUT2D eigenvalue weighted by Crippen LogP contribution is -2.33. The molecule has 2 N–H and O–H groups in total. The Hall–Kier alpha value is -1.10. The molecule has 5 nitrogen and oxygen atoms in total. The van der Waals surface area contributed by atoms with E-state index >= 15 is 0 Å². The Kier molecular flexibility index (Phi) is 5.97. The molecule has 1 rings (SSSR count). The quantitative estimate of drug-likeness (QED) is 0.658. The van der Waals surface area contributed by atoms with Crippen LogP contribution in [-0.2, 0) is 14.3 Å². The zero-order valence-corrected chi connectivity index (χ0v) is 10.3. The number of carboxylic acids is 1. The topological polar surface area (TPSA) is 75.6 Å². The van der Waals surface area contributed by atoms with Crippen molar-refractivity contribution in [3.05, 3.63) is 0 Å². The van der Waals surface area contributed by atoms with Gasteiger partial charge in [-0.3, -0.25) is 9.59 Å². The number of aliphatic carboxylic acids is 1. The van der Waals surface area contributed by atoms with Gasteiger partial charge in [-0.05, 0) is 25.7 Å². The Morgan fingerprint density at radius 1 is 1.35 bits per heavy atom. The second-order valence-corrected chi connectivity index (χ2v) is 4.48. The van der Waals surface area contributed by atoms with Crippen LogP contribution in [0.25, 0.3) is 0 Å². The minimum atomic E-state index is -0.756. The van der Waals surface area contributed by atoms with Crippen molar-refractivity contribution in [3.63, 3.8) is 0 Å². The minimum absolute atomic E-state index is 0.0229. The van der Waals surface area contributed by atoms with E-state index in [2.05, 4.69) is 5.32 Å². The van der Waals surface area contributed by atoms with E-state index in [1.54, 1.807) is 0 Å². The van der Waals surface area contributed by atoms with Crippen molar-refractivity contribution in [1.29, 1.82) is 0 Å². The predicted molar refractivity (Wildman–Crippen MR) is 62.6 cm³/mol. The van der Waals surface area contributed by atoms with Gasteiger partial charge in [0.25, 0.3) is 0 Å². The molecule has 2 atom stereocenters. The average molecular weight is 243 g/mol. The fraction of sp³-hybridized carbons (Fsp3) is 0.833. The number of hydrogen-bond donors (Lipinski definition) is 2. The van der Waals surface area contributed by atoms with Crippen molar-refractivity contribution in [1.82, 2.24) is 5.32 Å². The van der Waals surface area contributed by atoms with Gasteiger partial charge in [0.05, 0.1) is 12.5 Å². The Labute approximate surface area is 102 Å². The first-order valence-electron chi connectivity index (χ1n) is 6.23. The lowest BCUT2D eigenvalue weighted by Gasteiger charge is -2.12. The molecule has 0 aromatic rings. The van der Waals surface area contributed by atoms with Gasteiger partial charge in [-0.1, -0.05) is 6.92 Å². The molecule has 17 heavy (non-hydrogen) atoms. The van der Waals surface area contributed by atoms with E-state index < -0.39 is 5.97 Å². The van der Waals surface area contributed by atoms with Crippen LogP contribution < -0.4 is 5.32 Å². The van der Waals surface area contributed by atoms with Gasteiger partial charge >= 0.3 is 5.97 Å². The maximum absolute atomic E-state index is 11.5. The number of carbonyl (C=O) groups is 2. The lowest BCUT2D eigenvalue weighted by atomic mass is 10.1. The smallest absolute Gasteiger partial charge is 0.306 e. The summed E-state index contributed by atoms with van der Waals surface area (Å²) in [5.74, 6) is -1.10. The van der Waals surface area contributed by atoms with Crippen LogP contribution in [0.1, 0.15) is 39.0 Å². The van der Waals surface area contributed by atoms with Gasteiger partial charge in [0.1, 0.15) is 0 Å². The molecule has 1 fully saturated rings. The van der Waals surface area contributed by atoms with E-state index in [-0.39, 0.29) is 17.9 Å². The summed E-state index contributed by atoms with van der Waals surface area (Å²) >= 11 is 0. The number of nitrogens with one attached hydrogen (secondary N) is 1. The third-order valence-electron chi connectivity index (χ3n) is 2.97. The number of hydrogen-bond acceptors (Lipinski definition) is 3. The molecule has 1 aliphatic rings. The summed E-state index contributed by atoms with van der Waals surface area (Å²) < 4.78 is 5.22. The monoisotopic (exact) mass is 243 g/mol. The summed E-state index contributed by atoms with van der Waals surface area (Å²) in [7, 11) is 0. The normalized spacial score (nSPS) is 23.6. The first-order chi connectivity index (χ1) is 8.13. The SMILES string of the molecule is CCCOCCC(=O)NC1CCC(C(=O)O)C1. The second kappa shape index (κ2) is 7.27. The second-order valence-electron chi connectivity index (χ2n) is 4.48. The Bertz CT molecular complexity index is 267. The average Bonchev–Trinajstić information content (AvgIpc) is 2.73. The molecule has 1 saturated carbocycles. The molecule has 0 bridgehead atoms. The first-order valence-corrected chi connectivity index (χ1v) is 6.23. The zero-order valence-electron chi connectivity index (χ0n) is 10.3. The molecule has 0 heterocycles. The number of rotatable bonds is 7. The largest absolute Gasteiger partial charge is 0.481 e. The Morgan fingerprint density at radius 2 is 2.12 bits per heavy atom.